The van der Waals surface area contributed by atoms with Crippen molar-refractivity contribution in [2.24, 2.45) is 0 Å². The van der Waals surface area contributed by atoms with E-state index in [1.54, 1.807) is 0 Å². The maximum absolute atomic E-state index is 4.33. The van der Waals surface area contributed by atoms with Crippen molar-refractivity contribution < 1.29 is 0 Å². The highest BCUT2D eigenvalue weighted by Crippen LogP contribution is 2.20. The minimum absolute atomic E-state index is 0.148. The van der Waals surface area contributed by atoms with E-state index >= 15 is 0 Å². The summed E-state index contributed by atoms with van der Waals surface area (Å²) in [6.45, 7) is 10.7. The normalized spacial score (nSPS) is 12.2. The van der Waals surface area contributed by atoms with Gasteiger partial charge < -0.3 is 0 Å². The molecule has 0 atom stereocenters. The van der Waals surface area contributed by atoms with E-state index in [9.17, 15) is 0 Å². The van der Waals surface area contributed by atoms with Gasteiger partial charge in [0.1, 0.15) is 5.82 Å². The summed E-state index contributed by atoms with van der Waals surface area (Å²) in [7, 11) is 0. The Labute approximate surface area is 80.4 Å². The van der Waals surface area contributed by atoms with Crippen LogP contribution in [-0.2, 0) is 5.41 Å². The van der Waals surface area contributed by atoms with Crippen LogP contribution in [0.5, 0.6) is 0 Å². The molecule has 2 nitrogen and oxygen atoms in total. The van der Waals surface area contributed by atoms with Crippen LogP contribution in [0.25, 0.3) is 0 Å². The van der Waals surface area contributed by atoms with Crippen LogP contribution in [0, 0.1) is 0 Å². The first kappa shape index (κ1) is 10.2. The second-order valence-electron chi connectivity index (χ2n) is 4.73. The van der Waals surface area contributed by atoms with Crippen molar-refractivity contribution in [3.63, 3.8) is 0 Å². The Bertz CT molecular complexity index is 267. The van der Waals surface area contributed by atoms with Crippen LogP contribution in [0.4, 0.5) is 0 Å². The molecule has 2 heteroatoms. The van der Waals surface area contributed by atoms with Crippen molar-refractivity contribution >= 4 is 0 Å². The standard InChI is InChI=1S/C11H18N2/c1-8(2)10-12-6-9(7-13-10)11(3,4)5/h6-8H,1-5H3. The van der Waals surface area contributed by atoms with Crippen LogP contribution < -0.4 is 0 Å². The molecule has 0 aliphatic rings. The van der Waals surface area contributed by atoms with E-state index in [0.29, 0.717) is 5.92 Å². The SMILES string of the molecule is CC(C)c1ncc(C(C)(C)C)cn1. The van der Waals surface area contributed by atoms with Crippen molar-refractivity contribution in [3.05, 3.63) is 23.8 Å². The third-order valence-electron chi connectivity index (χ3n) is 2.05. The summed E-state index contributed by atoms with van der Waals surface area (Å²) >= 11 is 0. The number of hydrogen-bond donors (Lipinski definition) is 0. The van der Waals surface area contributed by atoms with E-state index in [2.05, 4.69) is 44.6 Å². The van der Waals surface area contributed by atoms with Gasteiger partial charge in [-0.25, -0.2) is 9.97 Å². The Hall–Kier alpha value is -0.920. The van der Waals surface area contributed by atoms with Crippen molar-refractivity contribution in [1.29, 1.82) is 0 Å². The molecular weight excluding hydrogens is 160 g/mol. The first-order chi connectivity index (χ1) is 5.91. The third kappa shape index (κ3) is 2.51. The average Bonchev–Trinajstić information content (AvgIpc) is 2.03. The zero-order valence-corrected chi connectivity index (χ0v) is 9.13. The van der Waals surface area contributed by atoms with Crippen LogP contribution >= 0.6 is 0 Å². The molecule has 0 saturated carbocycles. The van der Waals surface area contributed by atoms with Crippen LogP contribution in [0.3, 0.4) is 0 Å². The molecule has 0 amide bonds. The second-order valence-corrected chi connectivity index (χ2v) is 4.73. The van der Waals surface area contributed by atoms with Gasteiger partial charge in [-0.1, -0.05) is 34.6 Å². The zero-order chi connectivity index (χ0) is 10.1. The quantitative estimate of drug-likeness (QED) is 0.660. The second kappa shape index (κ2) is 3.44. The molecular formula is C11H18N2. The predicted molar refractivity (Wildman–Crippen MR) is 54.8 cm³/mol. The van der Waals surface area contributed by atoms with Crippen LogP contribution in [-0.4, -0.2) is 9.97 Å². The number of rotatable bonds is 1. The molecule has 0 radical (unpaired) electrons. The number of hydrogen-bond acceptors (Lipinski definition) is 2. The van der Waals surface area contributed by atoms with E-state index in [4.69, 9.17) is 0 Å². The van der Waals surface area contributed by atoms with E-state index in [1.807, 2.05) is 12.4 Å². The van der Waals surface area contributed by atoms with Gasteiger partial charge in [-0.2, -0.15) is 0 Å². The molecule has 0 aromatic carbocycles. The highest BCUT2D eigenvalue weighted by molar-refractivity contribution is 5.15. The van der Waals surface area contributed by atoms with Gasteiger partial charge in [0.25, 0.3) is 0 Å². The van der Waals surface area contributed by atoms with Crippen molar-refractivity contribution in [3.8, 4) is 0 Å². The lowest BCUT2D eigenvalue weighted by atomic mass is 9.89. The smallest absolute Gasteiger partial charge is 0.130 e. The Kier molecular flexibility index (Phi) is 2.69. The molecule has 13 heavy (non-hydrogen) atoms. The molecule has 1 aromatic heterocycles. The van der Waals surface area contributed by atoms with Crippen LogP contribution in [0.1, 0.15) is 51.9 Å². The van der Waals surface area contributed by atoms with Gasteiger partial charge >= 0.3 is 0 Å². The molecule has 0 N–H and O–H groups in total. The molecule has 0 unspecified atom stereocenters. The fourth-order valence-electron chi connectivity index (χ4n) is 1.02. The first-order valence-electron chi connectivity index (χ1n) is 4.73. The monoisotopic (exact) mass is 178 g/mol. The lowest BCUT2D eigenvalue weighted by Gasteiger charge is -2.18. The summed E-state index contributed by atoms with van der Waals surface area (Å²) in [4.78, 5) is 8.67. The van der Waals surface area contributed by atoms with Gasteiger partial charge in [0.05, 0.1) is 0 Å². The zero-order valence-electron chi connectivity index (χ0n) is 9.13. The van der Waals surface area contributed by atoms with E-state index in [0.717, 1.165) is 5.82 Å². The number of nitrogens with zero attached hydrogens (tertiary/aromatic N) is 2. The van der Waals surface area contributed by atoms with E-state index < -0.39 is 0 Å². The molecule has 1 aromatic rings. The maximum atomic E-state index is 4.33. The minimum atomic E-state index is 0.148. The number of aromatic nitrogens is 2. The molecule has 1 heterocycles. The van der Waals surface area contributed by atoms with E-state index in [1.165, 1.54) is 5.56 Å². The summed E-state index contributed by atoms with van der Waals surface area (Å²) in [5.41, 5.74) is 1.34. The Morgan fingerprint density at radius 2 is 1.54 bits per heavy atom. The van der Waals surface area contributed by atoms with Crippen molar-refractivity contribution in [1.82, 2.24) is 9.97 Å². The first-order valence-corrected chi connectivity index (χ1v) is 4.73. The Morgan fingerprint density at radius 1 is 1.08 bits per heavy atom. The lowest BCUT2D eigenvalue weighted by molar-refractivity contribution is 0.580. The fraction of sp³-hybridized carbons (Fsp3) is 0.636. The van der Waals surface area contributed by atoms with Gasteiger partial charge in [0.15, 0.2) is 0 Å². The Morgan fingerprint density at radius 3 is 1.85 bits per heavy atom. The van der Waals surface area contributed by atoms with Crippen molar-refractivity contribution in [2.75, 3.05) is 0 Å². The molecule has 1 rings (SSSR count). The topological polar surface area (TPSA) is 25.8 Å². The van der Waals surface area contributed by atoms with E-state index in [-0.39, 0.29) is 5.41 Å². The van der Waals surface area contributed by atoms with Gasteiger partial charge in [-0.3, -0.25) is 0 Å². The lowest BCUT2D eigenvalue weighted by Crippen LogP contribution is -2.12. The fourth-order valence-corrected chi connectivity index (χ4v) is 1.02. The van der Waals surface area contributed by atoms with Gasteiger partial charge in [0.2, 0.25) is 0 Å². The molecule has 0 spiro atoms. The van der Waals surface area contributed by atoms with Crippen LogP contribution in [0.15, 0.2) is 12.4 Å². The maximum Gasteiger partial charge on any atom is 0.130 e. The van der Waals surface area contributed by atoms with Gasteiger partial charge in [-0.05, 0) is 11.0 Å². The summed E-state index contributed by atoms with van der Waals surface area (Å²) in [5, 5.41) is 0. The summed E-state index contributed by atoms with van der Waals surface area (Å²) < 4.78 is 0. The Balaban J connectivity index is 2.94. The highest BCUT2D eigenvalue weighted by atomic mass is 14.9. The van der Waals surface area contributed by atoms with Crippen molar-refractivity contribution in [2.45, 2.75) is 46.0 Å². The summed E-state index contributed by atoms with van der Waals surface area (Å²) in [6, 6.07) is 0. The molecule has 0 aliphatic heterocycles. The molecule has 0 saturated heterocycles. The molecule has 72 valence electrons. The van der Waals surface area contributed by atoms with Crippen LogP contribution in [0.2, 0.25) is 0 Å². The summed E-state index contributed by atoms with van der Waals surface area (Å²) in [5.74, 6) is 1.34. The summed E-state index contributed by atoms with van der Waals surface area (Å²) in [6.07, 6.45) is 3.87. The van der Waals surface area contributed by atoms with Gasteiger partial charge in [-0.15, -0.1) is 0 Å². The molecule has 0 fully saturated rings. The van der Waals surface area contributed by atoms with Gasteiger partial charge in [0, 0.05) is 18.3 Å². The predicted octanol–water partition coefficient (Wildman–Crippen LogP) is 2.90. The molecule has 0 aliphatic carbocycles. The highest BCUT2D eigenvalue weighted by Gasteiger charge is 2.14. The largest absolute Gasteiger partial charge is 0.241 e. The third-order valence-corrected chi connectivity index (χ3v) is 2.05. The average molecular weight is 178 g/mol. The minimum Gasteiger partial charge on any atom is -0.241 e. The molecule has 0 bridgehead atoms.